The van der Waals surface area contributed by atoms with Gasteiger partial charge < -0.3 is 0 Å². The maximum atomic E-state index is 2.44. The van der Waals surface area contributed by atoms with Gasteiger partial charge >= 0.3 is 0 Å². The fourth-order valence-electron chi connectivity index (χ4n) is 3.91. The van der Waals surface area contributed by atoms with Gasteiger partial charge in [0.25, 0.3) is 0 Å². The highest BCUT2D eigenvalue weighted by Crippen LogP contribution is 2.59. The first-order valence-electron chi connectivity index (χ1n) is 8.28. The van der Waals surface area contributed by atoms with Crippen LogP contribution < -0.4 is 0 Å². The van der Waals surface area contributed by atoms with Gasteiger partial charge in [-0.3, -0.25) is 0 Å². The lowest BCUT2D eigenvalue weighted by molar-refractivity contribution is 1.78. The van der Waals surface area contributed by atoms with Crippen molar-refractivity contribution in [1.82, 2.24) is 0 Å². The number of fused-ring (bicyclic) bond motifs is 6. The molecule has 0 radical (unpaired) electrons. The molecule has 0 bridgehead atoms. The summed E-state index contributed by atoms with van der Waals surface area (Å²) in [7, 11) is -0.450. The molecule has 0 saturated heterocycles. The minimum Gasteiger partial charge on any atom is -0.142 e. The Morgan fingerprint density at radius 1 is 0.600 bits per heavy atom. The zero-order chi connectivity index (χ0) is 16.4. The zero-order valence-electron chi connectivity index (χ0n) is 13.3. The van der Waals surface area contributed by atoms with Gasteiger partial charge in [-0.15, -0.1) is 22.7 Å². The summed E-state index contributed by atoms with van der Waals surface area (Å²) in [6.45, 7) is 0. The molecule has 0 N–H and O–H groups in total. The molecule has 0 amide bonds. The molecule has 0 fully saturated rings. The summed E-state index contributed by atoms with van der Waals surface area (Å²) in [5.74, 6) is 0. The first kappa shape index (κ1) is 14.1. The Labute approximate surface area is 154 Å². The molecule has 0 aliphatic heterocycles. The predicted molar refractivity (Wildman–Crippen MR) is 116 cm³/mol. The Hall–Kier alpha value is -2.12. The van der Waals surface area contributed by atoms with Crippen molar-refractivity contribution in [3.8, 4) is 5.30 Å². The smallest absolute Gasteiger partial charge is 0.0567 e. The van der Waals surface area contributed by atoms with Gasteiger partial charge in [0.15, 0.2) is 0 Å². The summed E-state index contributed by atoms with van der Waals surface area (Å²) in [4.78, 5) is 0. The first-order chi connectivity index (χ1) is 12.4. The summed E-state index contributed by atoms with van der Waals surface area (Å²) in [6.07, 6.45) is 0. The minimum atomic E-state index is -0.450. The molecule has 0 aliphatic carbocycles. The minimum absolute atomic E-state index is 0.450. The van der Waals surface area contributed by atoms with Gasteiger partial charge in [-0.25, -0.2) is 0 Å². The Balaban J connectivity index is 1.88. The lowest BCUT2D eigenvalue weighted by Gasteiger charge is -2.11. The van der Waals surface area contributed by atoms with Crippen molar-refractivity contribution in [1.29, 1.82) is 0 Å². The topological polar surface area (TPSA) is 0 Å². The lowest BCUT2D eigenvalue weighted by atomic mass is 10.0. The normalized spacial score (nSPS) is 12.0. The van der Waals surface area contributed by atoms with Crippen molar-refractivity contribution < 1.29 is 0 Å². The van der Waals surface area contributed by atoms with Crippen molar-refractivity contribution in [3.05, 3.63) is 77.5 Å². The average Bonchev–Trinajstić information content (AvgIpc) is 3.35. The second kappa shape index (κ2) is 5.19. The molecule has 0 saturated carbocycles. The molecule has 118 valence electrons. The molecule has 0 aliphatic rings. The monoisotopic (exact) mass is 372 g/mol. The van der Waals surface area contributed by atoms with Crippen LogP contribution in [0.15, 0.2) is 77.5 Å². The van der Waals surface area contributed by atoms with Gasteiger partial charge in [0.05, 0.1) is 9.40 Å². The van der Waals surface area contributed by atoms with Gasteiger partial charge in [0.1, 0.15) is 0 Å². The Morgan fingerprint density at radius 2 is 1.20 bits per heavy atom. The highest BCUT2D eigenvalue weighted by molar-refractivity contribution is 7.70. The predicted octanol–water partition coefficient (Wildman–Crippen LogP) is 8.40. The highest BCUT2D eigenvalue weighted by atomic mass is 32.1. The molecule has 0 spiro atoms. The lowest BCUT2D eigenvalue weighted by Crippen LogP contribution is -1.79. The third kappa shape index (κ3) is 1.88. The Kier molecular flexibility index (Phi) is 2.92. The van der Waals surface area contributed by atoms with Gasteiger partial charge in [0.2, 0.25) is 0 Å². The second-order valence-corrected chi connectivity index (χ2v) is 10.2. The summed E-state index contributed by atoms with van der Waals surface area (Å²) < 4.78 is 2.99. The molecular formula is C22H13PS2. The van der Waals surface area contributed by atoms with Gasteiger partial charge in [-0.1, -0.05) is 56.1 Å². The number of thiophene rings is 2. The van der Waals surface area contributed by atoms with Crippen LogP contribution in [0.4, 0.5) is 0 Å². The van der Waals surface area contributed by atoms with E-state index in [-0.39, 0.29) is 0 Å². The number of rotatable bonds is 1. The summed E-state index contributed by atoms with van der Waals surface area (Å²) in [5.41, 5.74) is 0. The van der Waals surface area contributed by atoms with Crippen molar-refractivity contribution in [2.45, 2.75) is 0 Å². The molecule has 6 aromatic rings. The fraction of sp³-hybridized carbons (Fsp3) is 0. The van der Waals surface area contributed by atoms with Crippen LogP contribution >= 0.6 is 30.2 Å². The molecule has 0 atom stereocenters. The van der Waals surface area contributed by atoms with E-state index in [1.807, 2.05) is 22.7 Å². The van der Waals surface area contributed by atoms with E-state index in [4.69, 9.17) is 0 Å². The first-order valence-corrected chi connectivity index (χ1v) is 11.4. The molecule has 3 aromatic carbocycles. The van der Waals surface area contributed by atoms with Crippen LogP contribution in [0, 0.1) is 0 Å². The molecule has 3 heteroatoms. The quantitative estimate of drug-likeness (QED) is 0.254. The average molecular weight is 372 g/mol. The zero-order valence-corrected chi connectivity index (χ0v) is 15.8. The molecule has 0 nitrogen and oxygen atoms in total. The molecule has 6 rings (SSSR count). The van der Waals surface area contributed by atoms with Crippen LogP contribution in [0.1, 0.15) is 0 Å². The Morgan fingerprint density at radius 3 is 1.92 bits per heavy atom. The van der Waals surface area contributed by atoms with Crippen LogP contribution in [0.5, 0.6) is 0 Å². The third-order valence-electron chi connectivity index (χ3n) is 4.96. The molecule has 0 unspecified atom stereocenters. The van der Waals surface area contributed by atoms with Gasteiger partial charge in [-0.2, -0.15) is 0 Å². The molecule has 3 heterocycles. The van der Waals surface area contributed by atoms with E-state index in [0.29, 0.717) is 0 Å². The van der Waals surface area contributed by atoms with E-state index in [2.05, 4.69) is 77.5 Å². The van der Waals surface area contributed by atoms with E-state index in [9.17, 15) is 0 Å². The van der Waals surface area contributed by atoms with E-state index in [0.717, 1.165) is 0 Å². The van der Waals surface area contributed by atoms with Crippen LogP contribution in [-0.2, 0) is 0 Å². The van der Waals surface area contributed by atoms with Gasteiger partial charge in [-0.05, 0) is 50.5 Å². The highest BCUT2D eigenvalue weighted by Gasteiger charge is 2.18. The van der Waals surface area contributed by atoms with E-state index < -0.39 is 7.53 Å². The van der Waals surface area contributed by atoms with Crippen molar-refractivity contribution >= 4 is 71.4 Å². The number of benzene rings is 3. The van der Waals surface area contributed by atoms with E-state index >= 15 is 0 Å². The van der Waals surface area contributed by atoms with Crippen LogP contribution in [-0.4, -0.2) is 0 Å². The summed E-state index contributed by atoms with van der Waals surface area (Å²) >= 11 is 3.79. The largest absolute Gasteiger partial charge is 0.142 e. The maximum Gasteiger partial charge on any atom is 0.0567 e. The molecular weight excluding hydrogens is 359 g/mol. The summed E-state index contributed by atoms with van der Waals surface area (Å²) in [5, 5.41) is 14.6. The molecule has 25 heavy (non-hydrogen) atoms. The fourth-order valence-corrected chi connectivity index (χ4v) is 9.46. The van der Waals surface area contributed by atoms with Crippen LogP contribution in [0.2, 0.25) is 0 Å². The van der Waals surface area contributed by atoms with Crippen molar-refractivity contribution in [2.75, 3.05) is 0 Å². The maximum absolute atomic E-state index is 2.44. The summed E-state index contributed by atoms with van der Waals surface area (Å²) in [6, 6.07) is 24.8. The van der Waals surface area contributed by atoms with Gasteiger partial charge in [0, 0.05) is 15.5 Å². The van der Waals surface area contributed by atoms with Crippen LogP contribution in [0.25, 0.3) is 46.5 Å². The van der Waals surface area contributed by atoms with Crippen LogP contribution in [0.3, 0.4) is 0 Å². The number of hydrogen-bond donors (Lipinski definition) is 0. The van der Waals surface area contributed by atoms with Crippen molar-refractivity contribution in [2.24, 2.45) is 0 Å². The second-order valence-electron chi connectivity index (χ2n) is 6.27. The molecule has 3 aromatic heterocycles. The Bertz CT molecular complexity index is 1350. The number of hydrogen-bond acceptors (Lipinski definition) is 2. The van der Waals surface area contributed by atoms with Crippen molar-refractivity contribution in [3.63, 3.8) is 0 Å². The standard InChI is InChI=1S/C22H13PS2/c1-2-6-15-14(5-1)13-20(17-8-4-3-7-16(15)17)23-18-9-11-24-21(18)22-19(23)10-12-25-22/h1-13H. The SMILES string of the molecule is c1ccc2c(c1)cc(-p1c3ccsc3c3sccc31)c1ccccc12. The third-order valence-corrected chi connectivity index (χ3v) is 9.82. The van der Waals surface area contributed by atoms with E-state index in [1.165, 1.54) is 36.2 Å². The van der Waals surface area contributed by atoms with E-state index in [1.54, 1.807) is 10.2 Å².